The Morgan fingerprint density at radius 2 is 0.930 bits per heavy atom. The summed E-state index contributed by atoms with van der Waals surface area (Å²) in [5.74, 6) is 1.79. The molecule has 43 heavy (non-hydrogen) atoms. The highest BCUT2D eigenvalue weighted by atomic mass is 32.1. The lowest BCUT2D eigenvalue weighted by Gasteiger charge is -2.04. The molecule has 0 aliphatic carbocycles. The van der Waals surface area contributed by atoms with Gasteiger partial charge in [-0.05, 0) is 108 Å². The Labute approximate surface area is 270 Å². The summed E-state index contributed by atoms with van der Waals surface area (Å²) in [5.41, 5.74) is 3.98. The van der Waals surface area contributed by atoms with Crippen LogP contribution in [0.15, 0.2) is 78.9 Å². The van der Waals surface area contributed by atoms with E-state index in [1.807, 2.05) is 58.3 Å². The van der Waals surface area contributed by atoms with E-state index in [4.69, 9.17) is 9.47 Å². The van der Waals surface area contributed by atoms with Gasteiger partial charge in [-0.25, -0.2) is 0 Å². The van der Waals surface area contributed by atoms with Crippen molar-refractivity contribution in [3.8, 4) is 51.9 Å². The molecule has 0 amide bonds. The van der Waals surface area contributed by atoms with Crippen molar-refractivity contribution in [3.05, 3.63) is 84.4 Å². The average molecular weight is 629 g/mol. The molecule has 0 atom stereocenters. The number of hydrogen-bond acceptors (Lipinski definition) is 5. The zero-order valence-corrected chi connectivity index (χ0v) is 28.3. The van der Waals surface area contributed by atoms with Crippen LogP contribution < -0.4 is 9.47 Å². The fourth-order valence-corrected chi connectivity index (χ4v) is 8.96. The first kappa shape index (κ1) is 31.6. The molecule has 5 rings (SSSR count). The molecule has 0 unspecified atom stereocenters. The molecule has 3 heterocycles. The second-order valence-electron chi connectivity index (χ2n) is 11.2. The van der Waals surface area contributed by atoms with Crippen molar-refractivity contribution >= 4 is 34.0 Å². The minimum Gasteiger partial charge on any atom is -0.497 e. The first-order valence-corrected chi connectivity index (χ1v) is 18.3. The molecule has 0 fully saturated rings. The maximum atomic E-state index is 5.37. The minimum absolute atomic E-state index is 0.894. The predicted molar refractivity (Wildman–Crippen MR) is 190 cm³/mol. The van der Waals surface area contributed by atoms with Gasteiger partial charge in [0.25, 0.3) is 0 Å². The van der Waals surface area contributed by atoms with Gasteiger partial charge in [0.1, 0.15) is 11.5 Å². The van der Waals surface area contributed by atoms with E-state index in [1.165, 1.54) is 110 Å². The van der Waals surface area contributed by atoms with Crippen LogP contribution in [0, 0.1) is 0 Å². The predicted octanol–water partition coefficient (Wildman–Crippen LogP) is 13.0. The molecule has 0 saturated heterocycles. The number of thiophene rings is 3. The highest BCUT2D eigenvalue weighted by Crippen LogP contribution is 2.46. The van der Waals surface area contributed by atoms with Gasteiger partial charge >= 0.3 is 0 Å². The van der Waals surface area contributed by atoms with Crippen molar-refractivity contribution in [2.45, 2.75) is 77.6 Å². The Kier molecular flexibility index (Phi) is 11.9. The van der Waals surface area contributed by atoms with Crippen LogP contribution in [0.3, 0.4) is 0 Å². The Morgan fingerprint density at radius 1 is 0.465 bits per heavy atom. The van der Waals surface area contributed by atoms with Gasteiger partial charge in [0.2, 0.25) is 0 Å². The van der Waals surface area contributed by atoms with E-state index in [2.05, 4.69) is 61.5 Å². The number of unbranched alkanes of at least 4 members (excludes halogenated alkanes) is 9. The molecule has 5 heteroatoms. The molecule has 2 aromatic carbocycles. The normalized spacial score (nSPS) is 11.2. The highest BCUT2D eigenvalue weighted by molar-refractivity contribution is 7.28. The molecule has 0 aliphatic rings. The zero-order chi connectivity index (χ0) is 29.9. The van der Waals surface area contributed by atoms with Crippen molar-refractivity contribution in [2.24, 2.45) is 0 Å². The van der Waals surface area contributed by atoms with Gasteiger partial charge in [-0.1, -0.05) is 64.7 Å². The Balaban J connectivity index is 1.30. The molecular weight excluding hydrogens is 585 g/mol. The fraction of sp³-hybridized carbons (Fsp3) is 0.368. The lowest BCUT2D eigenvalue weighted by atomic mass is 10.0. The van der Waals surface area contributed by atoms with Crippen molar-refractivity contribution in [1.82, 2.24) is 0 Å². The molecule has 3 aromatic heterocycles. The molecular formula is C38H44O2S3. The maximum absolute atomic E-state index is 5.37. The van der Waals surface area contributed by atoms with E-state index >= 15 is 0 Å². The summed E-state index contributed by atoms with van der Waals surface area (Å²) < 4.78 is 10.7. The highest BCUT2D eigenvalue weighted by Gasteiger charge is 2.16. The van der Waals surface area contributed by atoms with E-state index < -0.39 is 0 Å². The minimum atomic E-state index is 0.894. The van der Waals surface area contributed by atoms with E-state index in [1.54, 1.807) is 14.2 Å². The Morgan fingerprint density at radius 3 is 1.47 bits per heavy atom. The topological polar surface area (TPSA) is 18.5 Å². The van der Waals surface area contributed by atoms with Gasteiger partial charge in [-0.3, -0.25) is 0 Å². The molecule has 5 aromatic rings. The third kappa shape index (κ3) is 8.62. The van der Waals surface area contributed by atoms with Crippen LogP contribution in [-0.4, -0.2) is 14.2 Å². The standard InChI is InChI=1S/C38H44O2S3/c1-4-5-6-7-8-9-10-11-12-13-14-30-27-37(35-25-23-33(41-35)28-15-19-31(39-2)20-16-28)43-38(30)36-26-24-34(42-36)29-17-21-32(40-3)22-18-29/h15-27H,4-14H2,1-3H3. The molecule has 0 N–H and O–H groups in total. The van der Waals surface area contributed by atoms with Crippen LogP contribution in [0.1, 0.15) is 76.7 Å². The summed E-state index contributed by atoms with van der Waals surface area (Å²) in [5, 5.41) is 0. The maximum Gasteiger partial charge on any atom is 0.118 e. The van der Waals surface area contributed by atoms with Crippen LogP contribution >= 0.6 is 34.0 Å². The average Bonchev–Trinajstić information content (AvgIpc) is 3.82. The van der Waals surface area contributed by atoms with Crippen molar-refractivity contribution in [2.75, 3.05) is 14.2 Å². The number of methoxy groups -OCH3 is 2. The molecule has 0 saturated carbocycles. The molecule has 226 valence electrons. The van der Waals surface area contributed by atoms with Crippen LogP contribution in [0.2, 0.25) is 0 Å². The fourth-order valence-electron chi connectivity index (χ4n) is 5.50. The summed E-state index contributed by atoms with van der Waals surface area (Å²) in [4.78, 5) is 8.13. The van der Waals surface area contributed by atoms with Gasteiger partial charge in [0.05, 0.1) is 14.2 Å². The van der Waals surface area contributed by atoms with Gasteiger partial charge in [0.15, 0.2) is 0 Å². The number of ether oxygens (including phenoxy) is 2. The quantitative estimate of drug-likeness (QED) is 0.0954. The first-order valence-electron chi connectivity index (χ1n) is 15.8. The molecule has 0 spiro atoms. The lowest BCUT2D eigenvalue weighted by Crippen LogP contribution is -1.86. The van der Waals surface area contributed by atoms with Crippen molar-refractivity contribution in [1.29, 1.82) is 0 Å². The van der Waals surface area contributed by atoms with E-state index in [9.17, 15) is 0 Å². The van der Waals surface area contributed by atoms with Gasteiger partial charge in [0, 0.05) is 29.3 Å². The first-order chi connectivity index (χ1) is 21.2. The molecule has 0 radical (unpaired) electrons. The number of aryl methyl sites for hydroxylation is 1. The molecule has 2 nitrogen and oxygen atoms in total. The number of benzene rings is 2. The molecule has 0 bridgehead atoms. The molecule has 0 aliphatic heterocycles. The summed E-state index contributed by atoms with van der Waals surface area (Å²) >= 11 is 5.74. The summed E-state index contributed by atoms with van der Waals surface area (Å²) in [7, 11) is 3.43. The van der Waals surface area contributed by atoms with E-state index in [-0.39, 0.29) is 0 Å². The smallest absolute Gasteiger partial charge is 0.118 e. The largest absolute Gasteiger partial charge is 0.497 e. The summed E-state index contributed by atoms with van der Waals surface area (Å²) in [6.45, 7) is 2.29. The second-order valence-corrected chi connectivity index (χ2v) is 14.4. The van der Waals surface area contributed by atoms with E-state index in [0.29, 0.717) is 0 Å². The van der Waals surface area contributed by atoms with Crippen LogP contribution in [0.5, 0.6) is 11.5 Å². The lowest BCUT2D eigenvalue weighted by molar-refractivity contribution is 0.415. The summed E-state index contributed by atoms with van der Waals surface area (Å²) in [6, 6.07) is 28.4. The Bertz CT molecular complexity index is 1520. The van der Waals surface area contributed by atoms with Crippen LogP contribution in [-0.2, 0) is 6.42 Å². The van der Waals surface area contributed by atoms with E-state index in [0.717, 1.165) is 17.9 Å². The Hall–Kier alpha value is -2.86. The van der Waals surface area contributed by atoms with Gasteiger partial charge in [-0.2, -0.15) is 0 Å². The second kappa shape index (κ2) is 16.3. The van der Waals surface area contributed by atoms with Crippen molar-refractivity contribution < 1.29 is 9.47 Å². The van der Waals surface area contributed by atoms with Gasteiger partial charge in [-0.15, -0.1) is 34.0 Å². The monoisotopic (exact) mass is 628 g/mol. The van der Waals surface area contributed by atoms with Crippen LogP contribution in [0.25, 0.3) is 40.4 Å². The zero-order valence-electron chi connectivity index (χ0n) is 25.8. The number of rotatable bonds is 17. The third-order valence-corrected chi connectivity index (χ3v) is 11.9. The SMILES string of the molecule is CCCCCCCCCCCCc1cc(-c2ccc(-c3ccc(OC)cc3)s2)sc1-c1ccc(-c2ccc(OC)cc2)s1. The number of hydrogen-bond donors (Lipinski definition) is 0. The van der Waals surface area contributed by atoms with Crippen molar-refractivity contribution in [3.63, 3.8) is 0 Å². The van der Waals surface area contributed by atoms with Gasteiger partial charge < -0.3 is 9.47 Å². The van der Waals surface area contributed by atoms with Crippen LogP contribution in [0.4, 0.5) is 0 Å². The summed E-state index contributed by atoms with van der Waals surface area (Å²) in [6.07, 6.45) is 14.8. The third-order valence-electron chi connectivity index (χ3n) is 8.04.